The fourth-order valence-electron chi connectivity index (χ4n) is 2.80. The molecule has 4 nitrogen and oxygen atoms in total. The molecular formula is C16H17N3O. The lowest BCUT2D eigenvalue weighted by atomic mass is 9.93. The highest BCUT2D eigenvalue weighted by Gasteiger charge is 2.21. The van der Waals surface area contributed by atoms with E-state index in [1.54, 1.807) is 0 Å². The van der Waals surface area contributed by atoms with Crippen LogP contribution in [-0.4, -0.2) is 22.2 Å². The maximum absolute atomic E-state index is 9.73. The van der Waals surface area contributed by atoms with Crippen LogP contribution in [0.25, 0.3) is 10.9 Å². The first-order valence-electron chi connectivity index (χ1n) is 7.01. The van der Waals surface area contributed by atoms with Gasteiger partial charge in [0, 0.05) is 11.4 Å². The number of aliphatic hydroxyl groups excluding tert-OH is 1. The summed E-state index contributed by atoms with van der Waals surface area (Å²) in [6.07, 6.45) is 3.37. The molecule has 1 aliphatic carbocycles. The van der Waals surface area contributed by atoms with Crippen molar-refractivity contribution in [2.45, 2.75) is 37.8 Å². The minimum atomic E-state index is -0.243. The lowest BCUT2D eigenvalue weighted by Crippen LogP contribution is -2.30. The van der Waals surface area contributed by atoms with E-state index < -0.39 is 0 Å². The lowest BCUT2D eigenvalue weighted by Gasteiger charge is -2.27. The molecule has 0 unspecified atom stereocenters. The second kappa shape index (κ2) is 5.48. The molecule has 1 heterocycles. The molecular weight excluding hydrogens is 250 g/mol. The summed E-state index contributed by atoms with van der Waals surface area (Å²) in [4.78, 5) is 4.55. The molecule has 2 aromatic rings. The Balaban J connectivity index is 1.91. The predicted octanol–water partition coefficient (Wildman–Crippen LogP) is 2.82. The van der Waals surface area contributed by atoms with E-state index in [1.807, 2.05) is 30.3 Å². The molecule has 4 heteroatoms. The Hall–Kier alpha value is -2.12. The summed E-state index contributed by atoms with van der Waals surface area (Å²) >= 11 is 0. The van der Waals surface area contributed by atoms with Gasteiger partial charge in [-0.05, 0) is 37.8 Å². The molecule has 0 radical (unpaired) electrons. The summed E-state index contributed by atoms with van der Waals surface area (Å²) in [5.41, 5.74) is 1.44. The molecule has 0 aliphatic heterocycles. The van der Waals surface area contributed by atoms with Crippen molar-refractivity contribution in [3.8, 4) is 6.07 Å². The maximum atomic E-state index is 9.73. The van der Waals surface area contributed by atoms with E-state index in [0.29, 0.717) is 11.4 Å². The second-order valence-electron chi connectivity index (χ2n) is 5.35. The number of nitrogens with one attached hydrogen (secondary N) is 1. The van der Waals surface area contributed by atoms with Crippen LogP contribution in [0, 0.1) is 11.3 Å². The summed E-state index contributed by atoms with van der Waals surface area (Å²) in [7, 11) is 0. The van der Waals surface area contributed by atoms with Crippen molar-refractivity contribution in [2.75, 3.05) is 5.32 Å². The SMILES string of the molecule is N#Cc1cc2ccccc2nc1N[C@@H]1CCC[C@@H](O)C1. The average molecular weight is 267 g/mol. The summed E-state index contributed by atoms with van der Waals surface area (Å²) < 4.78 is 0. The van der Waals surface area contributed by atoms with Crippen LogP contribution in [0.4, 0.5) is 5.82 Å². The molecule has 0 amide bonds. The fraction of sp³-hybridized carbons (Fsp3) is 0.375. The van der Waals surface area contributed by atoms with Gasteiger partial charge in [-0.15, -0.1) is 0 Å². The Kier molecular flexibility index (Phi) is 3.53. The number of anilines is 1. The van der Waals surface area contributed by atoms with Crippen molar-refractivity contribution in [3.63, 3.8) is 0 Å². The monoisotopic (exact) mass is 267 g/mol. The van der Waals surface area contributed by atoms with Gasteiger partial charge in [0.2, 0.25) is 0 Å². The molecule has 1 saturated carbocycles. The van der Waals surface area contributed by atoms with Crippen LogP contribution in [0.1, 0.15) is 31.2 Å². The molecule has 1 aliphatic rings. The van der Waals surface area contributed by atoms with Gasteiger partial charge in [0.05, 0.1) is 17.2 Å². The van der Waals surface area contributed by atoms with Crippen molar-refractivity contribution in [1.82, 2.24) is 4.98 Å². The zero-order chi connectivity index (χ0) is 13.9. The first-order chi connectivity index (χ1) is 9.76. The third kappa shape index (κ3) is 2.59. The van der Waals surface area contributed by atoms with Crippen LogP contribution in [0.2, 0.25) is 0 Å². The largest absolute Gasteiger partial charge is 0.393 e. The van der Waals surface area contributed by atoms with E-state index in [0.717, 1.165) is 36.6 Å². The van der Waals surface area contributed by atoms with Gasteiger partial charge in [0.1, 0.15) is 11.9 Å². The number of nitriles is 1. The smallest absolute Gasteiger partial charge is 0.144 e. The molecule has 2 N–H and O–H groups in total. The van der Waals surface area contributed by atoms with Crippen LogP contribution >= 0.6 is 0 Å². The van der Waals surface area contributed by atoms with E-state index in [2.05, 4.69) is 16.4 Å². The normalized spacial score (nSPS) is 22.4. The number of hydrogen-bond donors (Lipinski definition) is 2. The molecule has 2 atom stereocenters. The number of pyridine rings is 1. The highest BCUT2D eigenvalue weighted by molar-refractivity contribution is 5.82. The quantitative estimate of drug-likeness (QED) is 0.878. The zero-order valence-electron chi connectivity index (χ0n) is 11.2. The number of para-hydroxylation sites is 1. The Bertz CT molecular complexity index is 662. The third-order valence-corrected chi connectivity index (χ3v) is 3.83. The Morgan fingerprint density at radius 1 is 1.30 bits per heavy atom. The predicted molar refractivity (Wildman–Crippen MR) is 78.3 cm³/mol. The van der Waals surface area contributed by atoms with Gasteiger partial charge < -0.3 is 10.4 Å². The van der Waals surface area contributed by atoms with Gasteiger partial charge in [-0.25, -0.2) is 4.98 Å². The van der Waals surface area contributed by atoms with Gasteiger partial charge in [-0.2, -0.15) is 5.26 Å². The minimum Gasteiger partial charge on any atom is -0.393 e. The third-order valence-electron chi connectivity index (χ3n) is 3.83. The molecule has 0 bridgehead atoms. The molecule has 0 spiro atoms. The number of rotatable bonds is 2. The highest BCUT2D eigenvalue weighted by atomic mass is 16.3. The summed E-state index contributed by atoms with van der Waals surface area (Å²) in [6, 6.07) is 12.0. The van der Waals surface area contributed by atoms with E-state index in [1.165, 1.54) is 0 Å². The Morgan fingerprint density at radius 2 is 2.15 bits per heavy atom. The zero-order valence-corrected chi connectivity index (χ0v) is 11.2. The molecule has 3 rings (SSSR count). The number of fused-ring (bicyclic) bond motifs is 1. The van der Waals surface area contributed by atoms with Crippen molar-refractivity contribution >= 4 is 16.7 Å². The van der Waals surface area contributed by atoms with Crippen LogP contribution in [0.3, 0.4) is 0 Å². The van der Waals surface area contributed by atoms with Crippen molar-refractivity contribution in [1.29, 1.82) is 5.26 Å². The lowest BCUT2D eigenvalue weighted by molar-refractivity contribution is 0.124. The maximum Gasteiger partial charge on any atom is 0.144 e. The highest BCUT2D eigenvalue weighted by Crippen LogP contribution is 2.25. The topological polar surface area (TPSA) is 68.9 Å². The Labute approximate surface area is 118 Å². The standard InChI is InChI=1S/C16H17N3O/c17-10-12-8-11-4-1-2-7-15(11)19-16(12)18-13-5-3-6-14(20)9-13/h1-2,4,7-8,13-14,20H,3,5-6,9H2,(H,18,19)/t13-,14-/m1/s1. The fourth-order valence-corrected chi connectivity index (χ4v) is 2.80. The van der Waals surface area contributed by atoms with Crippen LogP contribution in [0.5, 0.6) is 0 Å². The van der Waals surface area contributed by atoms with Crippen LogP contribution in [0.15, 0.2) is 30.3 Å². The van der Waals surface area contributed by atoms with E-state index >= 15 is 0 Å². The van der Waals surface area contributed by atoms with E-state index in [4.69, 9.17) is 0 Å². The molecule has 1 aromatic heterocycles. The van der Waals surface area contributed by atoms with Crippen molar-refractivity contribution in [3.05, 3.63) is 35.9 Å². The molecule has 102 valence electrons. The van der Waals surface area contributed by atoms with Gasteiger partial charge in [0.15, 0.2) is 0 Å². The number of benzene rings is 1. The van der Waals surface area contributed by atoms with Crippen LogP contribution in [-0.2, 0) is 0 Å². The molecule has 0 saturated heterocycles. The number of hydrogen-bond acceptors (Lipinski definition) is 4. The van der Waals surface area contributed by atoms with E-state index in [-0.39, 0.29) is 12.1 Å². The van der Waals surface area contributed by atoms with Gasteiger partial charge in [0.25, 0.3) is 0 Å². The van der Waals surface area contributed by atoms with Gasteiger partial charge in [-0.1, -0.05) is 18.2 Å². The number of aromatic nitrogens is 1. The number of aliphatic hydroxyl groups is 1. The second-order valence-corrected chi connectivity index (χ2v) is 5.35. The van der Waals surface area contributed by atoms with E-state index in [9.17, 15) is 10.4 Å². The summed E-state index contributed by atoms with van der Waals surface area (Å²) in [6.45, 7) is 0. The average Bonchev–Trinajstić information content (AvgIpc) is 2.46. The first kappa shape index (κ1) is 12.9. The van der Waals surface area contributed by atoms with Crippen molar-refractivity contribution < 1.29 is 5.11 Å². The first-order valence-corrected chi connectivity index (χ1v) is 7.01. The van der Waals surface area contributed by atoms with Crippen molar-refractivity contribution in [2.24, 2.45) is 0 Å². The minimum absolute atomic E-state index is 0.194. The summed E-state index contributed by atoms with van der Waals surface area (Å²) in [5.74, 6) is 0.630. The molecule has 1 fully saturated rings. The Morgan fingerprint density at radius 3 is 2.95 bits per heavy atom. The van der Waals surface area contributed by atoms with Crippen LogP contribution < -0.4 is 5.32 Å². The summed E-state index contributed by atoms with van der Waals surface area (Å²) in [5, 5.41) is 23.3. The molecule has 20 heavy (non-hydrogen) atoms. The molecule has 1 aromatic carbocycles. The number of nitrogens with zero attached hydrogens (tertiary/aromatic N) is 2. The van der Waals surface area contributed by atoms with Gasteiger partial charge in [-0.3, -0.25) is 0 Å². The van der Waals surface area contributed by atoms with Gasteiger partial charge >= 0.3 is 0 Å².